The maximum atomic E-state index is 13.8. The number of hydrogen-bond donors (Lipinski definition) is 2. The Balaban J connectivity index is 1.74. The van der Waals surface area contributed by atoms with Gasteiger partial charge in [0.2, 0.25) is 11.8 Å². The lowest BCUT2D eigenvalue weighted by Crippen LogP contribution is -2.52. The minimum atomic E-state index is -1.41. The van der Waals surface area contributed by atoms with Crippen LogP contribution in [0, 0.1) is 5.92 Å². The summed E-state index contributed by atoms with van der Waals surface area (Å²) in [5.74, 6) is -0.752. The van der Waals surface area contributed by atoms with E-state index in [1.165, 1.54) is 4.90 Å². The number of nitrogens with one attached hydrogen (secondary N) is 1. The molecule has 1 saturated carbocycles. The van der Waals surface area contributed by atoms with Crippen LogP contribution in [0.5, 0.6) is 0 Å². The van der Waals surface area contributed by atoms with Gasteiger partial charge in [0.15, 0.2) is 0 Å². The third-order valence-electron chi connectivity index (χ3n) is 4.24. The Bertz CT molecular complexity index is 584. The standard InChI is InChI=1S/C15H18FN3O2/c16-15(9-17)5-11(6-15)14(21)19-7-10-3-1-2-4-12(10)18-13(20)8-19/h1-4,11H,5-9,17H2,(H,18,20). The first-order valence-corrected chi connectivity index (χ1v) is 7.06. The summed E-state index contributed by atoms with van der Waals surface area (Å²) in [4.78, 5) is 25.8. The molecule has 0 unspecified atom stereocenters. The molecule has 1 aliphatic heterocycles. The maximum absolute atomic E-state index is 13.8. The number of benzene rings is 1. The average Bonchev–Trinajstić information content (AvgIpc) is 2.61. The molecule has 3 N–H and O–H groups in total. The predicted octanol–water partition coefficient (Wildman–Crippen LogP) is 1.04. The monoisotopic (exact) mass is 291 g/mol. The van der Waals surface area contributed by atoms with Crippen LogP contribution in [-0.2, 0) is 16.1 Å². The smallest absolute Gasteiger partial charge is 0.244 e. The van der Waals surface area contributed by atoms with Crippen molar-refractivity contribution in [3.8, 4) is 0 Å². The molecule has 2 amide bonds. The van der Waals surface area contributed by atoms with Crippen molar-refractivity contribution in [2.75, 3.05) is 18.4 Å². The Hall–Kier alpha value is -1.95. The summed E-state index contributed by atoms with van der Waals surface area (Å²) in [5.41, 5.74) is 5.56. The van der Waals surface area contributed by atoms with Gasteiger partial charge >= 0.3 is 0 Å². The number of fused-ring (bicyclic) bond motifs is 1. The zero-order chi connectivity index (χ0) is 15.0. The van der Waals surface area contributed by atoms with Crippen molar-refractivity contribution in [1.29, 1.82) is 0 Å². The second-order valence-corrected chi connectivity index (χ2v) is 5.86. The van der Waals surface area contributed by atoms with E-state index in [9.17, 15) is 14.0 Å². The van der Waals surface area contributed by atoms with Gasteiger partial charge in [-0.25, -0.2) is 4.39 Å². The molecule has 0 radical (unpaired) electrons. The molecule has 112 valence electrons. The second-order valence-electron chi connectivity index (χ2n) is 5.86. The first-order valence-electron chi connectivity index (χ1n) is 7.06. The summed E-state index contributed by atoms with van der Waals surface area (Å²) < 4.78 is 13.8. The molecule has 1 heterocycles. The third-order valence-corrected chi connectivity index (χ3v) is 4.24. The molecule has 2 aliphatic rings. The Morgan fingerprint density at radius 1 is 1.38 bits per heavy atom. The molecule has 21 heavy (non-hydrogen) atoms. The number of nitrogens with two attached hydrogens (primary N) is 1. The fourth-order valence-electron chi connectivity index (χ4n) is 2.98. The van der Waals surface area contributed by atoms with Gasteiger partial charge in [-0.3, -0.25) is 9.59 Å². The van der Waals surface area contributed by atoms with Gasteiger partial charge in [-0.1, -0.05) is 18.2 Å². The van der Waals surface area contributed by atoms with Gasteiger partial charge < -0.3 is 16.0 Å². The van der Waals surface area contributed by atoms with E-state index >= 15 is 0 Å². The van der Waals surface area contributed by atoms with Crippen molar-refractivity contribution in [3.05, 3.63) is 29.8 Å². The van der Waals surface area contributed by atoms with Crippen LogP contribution >= 0.6 is 0 Å². The minimum absolute atomic E-state index is 0.00588. The summed E-state index contributed by atoms with van der Waals surface area (Å²) >= 11 is 0. The number of carbonyl (C=O) groups excluding carboxylic acids is 2. The lowest BCUT2D eigenvalue weighted by molar-refractivity contribution is -0.146. The van der Waals surface area contributed by atoms with Crippen LogP contribution in [0.3, 0.4) is 0 Å². The Morgan fingerprint density at radius 3 is 2.81 bits per heavy atom. The van der Waals surface area contributed by atoms with Crippen LogP contribution in [0.15, 0.2) is 24.3 Å². The van der Waals surface area contributed by atoms with E-state index in [2.05, 4.69) is 5.32 Å². The molecule has 1 aromatic rings. The van der Waals surface area contributed by atoms with E-state index in [4.69, 9.17) is 5.73 Å². The molecule has 1 aliphatic carbocycles. The highest BCUT2D eigenvalue weighted by molar-refractivity contribution is 5.96. The molecule has 5 nitrogen and oxygen atoms in total. The molecule has 0 spiro atoms. The topological polar surface area (TPSA) is 75.4 Å². The van der Waals surface area contributed by atoms with Crippen molar-refractivity contribution in [2.45, 2.75) is 25.1 Å². The Morgan fingerprint density at radius 2 is 2.10 bits per heavy atom. The van der Waals surface area contributed by atoms with Crippen LogP contribution < -0.4 is 11.1 Å². The van der Waals surface area contributed by atoms with Crippen molar-refractivity contribution >= 4 is 17.5 Å². The van der Waals surface area contributed by atoms with E-state index in [1.807, 2.05) is 24.3 Å². The average molecular weight is 291 g/mol. The maximum Gasteiger partial charge on any atom is 0.244 e. The summed E-state index contributed by atoms with van der Waals surface area (Å²) in [6.07, 6.45) is 0.310. The number of amides is 2. The van der Waals surface area contributed by atoms with E-state index in [0.717, 1.165) is 11.3 Å². The van der Waals surface area contributed by atoms with Crippen LogP contribution in [0.25, 0.3) is 0 Å². The van der Waals surface area contributed by atoms with Crippen molar-refractivity contribution < 1.29 is 14.0 Å². The number of halogens is 1. The zero-order valence-corrected chi connectivity index (χ0v) is 11.6. The van der Waals surface area contributed by atoms with Gasteiger partial charge in [-0.15, -0.1) is 0 Å². The number of hydrogen-bond acceptors (Lipinski definition) is 3. The summed E-state index contributed by atoms with van der Waals surface area (Å²) in [5, 5.41) is 2.78. The lowest BCUT2D eigenvalue weighted by Gasteiger charge is -2.41. The Kier molecular flexibility index (Phi) is 3.41. The largest absolute Gasteiger partial charge is 0.329 e. The number of nitrogens with zero attached hydrogens (tertiary/aromatic N) is 1. The second kappa shape index (κ2) is 5.11. The quantitative estimate of drug-likeness (QED) is 0.855. The number of para-hydroxylation sites is 1. The molecular weight excluding hydrogens is 273 g/mol. The third kappa shape index (κ3) is 2.63. The van der Waals surface area contributed by atoms with Gasteiger partial charge in [0.05, 0.1) is 0 Å². The lowest BCUT2D eigenvalue weighted by atomic mass is 9.71. The highest BCUT2D eigenvalue weighted by Crippen LogP contribution is 2.41. The number of alkyl halides is 1. The highest BCUT2D eigenvalue weighted by Gasteiger charge is 2.48. The molecule has 1 fully saturated rings. The fraction of sp³-hybridized carbons (Fsp3) is 0.467. The van der Waals surface area contributed by atoms with E-state index in [0.29, 0.717) is 6.54 Å². The summed E-state index contributed by atoms with van der Waals surface area (Å²) in [7, 11) is 0. The van der Waals surface area contributed by atoms with E-state index in [1.54, 1.807) is 0 Å². The number of carbonyl (C=O) groups is 2. The first-order chi connectivity index (χ1) is 10.0. The Labute approximate surface area is 122 Å². The van der Waals surface area contributed by atoms with Crippen molar-refractivity contribution in [3.63, 3.8) is 0 Å². The summed E-state index contributed by atoms with van der Waals surface area (Å²) in [6.45, 7) is 0.318. The fourth-order valence-corrected chi connectivity index (χ4v) is 2.98. The summed E-state index contributed by atoms with van der Waals surface area (Å²) in [6, 6.07) is 7.39. The highest BCUT2D eigenvalue weighted by atomic mass is 19.1. The first kappa shape index (κ1) is 14.0. The van der Waals surface area contributed by atoms with Gasteiger partial charge in [0.1, 0.15) is 12.2 Å². The van der Waals surface area contributed by atoms with Crippen LogP contribution in [-0.4, -0.2) is 35.5 Å². The molecule has 1 aromatic carbocycles. The predicted molar refractivity (Wildman–Crippen MR) is 76.1 cm³/mol. The van der Waals surface area contributed by atoms with Crippen LogP contribution in [0.2, 0.25) is 0 Å². The van der Waals surface area contributed by atoms with E-state index in [-0.39, 0.29) is 43.7 Å². The molecule has 0 aromatic heterocycles. The van der Waals surface area contributed by atoms with Gasteiger partial charge in [0.25, 0.3) is 0 Å². The zero-order valence-electron chi connectivity index (χ0n) is 11.6. The van der Waals surface area contributed by atoms with Crippen molar-refractivity contribution in [2.24, 2.45) is 11.7 Å². The van der Waals surface area contributed by atoms with Crippen LogP contribution in [0.1, 0.15) is 18.4 Å². The number of rotatable bonds is 2. The van der Waals surface area contributed by atoms with Gasteiger partial charge in [-0.2, -0.15) is 0 Å². The SMILES string of the molecule is NCC1(F)CC(C(=O)N2CC(=O)Nc3ccccc3C2)C1. The molecule has 0 bridgehead atoms. The minimum Gasteiger partial charge on any atom is -0.329 e. The molecule has 3 rings (SSSR count). The van der Waals surface area contributed by atoms with Gasteiger partial charge in [-0.05, 0) is 24.5 Å². The van der Waals surface area contributed by atoms with Gasteiger partial charge in [0, 0.05) is 24.7 Å². The molecule has 0 atom stereocenters. The number of anilines is 1. The van der Waals surface area contributed by atoms with E-state index < -0.39 is 5.67 Å². The molecular formula is C15H18FN3O2. The molecule has 0 saturated heterocycles. The van der Waals surface area contributed by atoms with Crippen LogP contribution in [0.4, 0.5) is 10.1 Å². The molecule has 6 heteroatoms. The van der Waals surface area contributed by atoms with Crippen molar-refractivity contribution in [1.82, 2.24) is 4.90 Å². The normalized spacial score (nSPS) is 28.2.